The highest BCUT2D eigenvalue weighted by atomic mass is 127. The van der Waals surface area contributed by atoms with Crippen LogP contribution in [0.1, 0.15) is 34.3 Å². The van der Waals surface area contributed by atoms with E-state index in [-0.39, 0.29) is 30.8 Å². The third-order valence-electron chi connectivity index (χ3n) is 5.80. The first-order valence-electron chi connectivity index (χ1n) is 11.6. The first-order valence-corrected chi connectivity index (χ1v) is 13.1. The maximum absolute atomic E-state index is 13.5. The topological polar surface area (TPSA) is 111 Å². The molecule has 0 spiro atoms. The van der Waals surface area contributed by atoms with Crippen molar-refractivity contribution in [1.82, 2.24) is 15.0 Å². The minimum absolute atomic E-state index is 0.0135. The van der Waals surface area contributed by atoms with Gasteiger partial charge in [0.1, 0.15) is 30.3 Å². The highest BCUT2D eigenvalue weighted by Gasteiger charge is 2.33. The summed E-state index contributed by atoms with van der Waals surface area (Å²) in [6, 6.07) is 16.5. The Labute approximate surface area is 230 Å². The second kappa shape index (κ2) is 11.1. The molecule has 4 aromatic rings. The summed E-state index contributed by atoms with van der Waals surface area (Å²) in [5, 5.41) is 4.31. The van der Waals surface area contributed by atoms with Crippen LogP contribution in [0.25, 0.3) is 10.9 Å². The monoisotopic (exact) mass is 626 g/mol. The number of nitrogens with one attached hydrogen (secondary N) is 1. The van der Waals surface area contributed by atoms with Crippen molar-refractivity contribution in [2.24, 2.45) is 0 Å². The molecule has 2 heterocycles. The van der Waals surface area contributed by atoms with E-state index in [1.54, 1.807) is 24.3 Å². The van der Waals surface area contributed by atoms with Crippen molar-refractivity contribution < 1.29 is 28.3 Å². The second-order valence-electron chi connectivity index (χ2n) is 8.41. The predicted octanol–water partition coefficient (Wildman–Crippen LogP) is 5.25. The van der Waals surface area contributed by atoms with Gasteiger partial charge in [-0.05, 0) is 54.1 Å². The van der Waals surface area contributed by atoms with Crippen LogP contribution in [0.5, 0.6) is 5.75 Å². The second-order valence-corrected chi connectivity index (χ2v) is 9.18. The van der Waals surface area contributed by atoms with Gasteiger partial charge in [0, 0.05) is 33.9 Å². The van der Waals surface area contributed by atoms with Gasteiger partial charge in [0.05, 0.1) is 11.1 Å². The van der Waals surface area contributed by atoms with E-state index in [1.807, 2.05) is 18.2 Å². The molecule has 3 aromatic carbocycles. The molecule has 11 heteroatoms. The van der Waals surface area contributed by atoms with E-state index < -0.39 is 17.8 Å². The molecule has 0 saturated carbocycles. The van der Waals surface area contributed by atoms with Crippen LogP contribution in [0.15, 0.2) is 67.0 Å². The maximum Gasteiger partial charge on any atom is 0.363 e. The fourth-order valence-corrected chi connectivity index (χ4v) is 4.50. The molecular weight excluding hydrogens is 606 g/mol. The Morgan fingerprint density at radius 2 is 1.84 bits per heavy atom. The average molecular weight is 626 g/mol. The van der Waals surface area contributed by atoms with Crippen LogP contribution < -0.4 is 10.1 Å². The lowest BCUT2D eigenvalue weighted by Gasteiger charge is -2.14. The van der Waals surface area contributed by atoms with Crippen molar-refractivity contribution in [3.63, 3.8) is 0 Å². The molecular formula is C27H20FIN4O5. The van der Waals surface area contributed by atoms with E-state index in [0.29, 0.717) is 32.0 Å². The van der Waals surface area contributed by atoms with Crippen molar-refractivity contribution in [2.45, 2.75) is 23.9 Å². The smallest absolute Gasteiger partial charge is 0.363 e. The third kappa shape index (κ3) is 5.57. The summed E-state index contributed by atoms with van der Waals surface area (Å²) in [7, 11) is 0. The normalized spacial score (nSPS) is 13.2. The molecule has 0 aliphatic carbocycles. The zero-order valence-corrected chi connectivity index (χ0v) is 22.0. The van der Waals surface area contributed by atoms with Gasteiger partial charge in [0.15, 0.2) is 0 Å². The van der Waals surface area contributed by atoms with Crippen LogP contribution >= 0.6 is 22.6 Å². The highest BCUT2D eigenvalue weighted by Crippen LogP contribution is 2.30. The van der Waals surface area contributed by atoms with Crippen molar-refractivity contribution in [2.75, 3.05) is 5.32 Å². The molecule has 5 rings (SSSR count). The molecule has 1 saturated heterocycles. The van der Waals surface area contributed by atoms with Gasteiger partial charge < -0.3 is 14.9 Å². The lowest BCUT2D eigenvalue weighted by molar-refractivity contribution is -0.172. The minimum Gasteiger partial charge on any atom is -0.489 e. The summed E-state index contributed by atoms with van der Waals surface area (Å²) >= 11 is 2.24. The molecule has 9 nitrogen and oxygen atoms in total. The van der Waals surface area contributed by atoms with Crippen LogP contribution in [-0.4, -0.2) is 32.8 Å². The molecule has 0 bridgehead atoms. The Kier molecular flexibility index (Phi) is 7.45. The number of anilines is 2. The number of hydroxylamine groups is 2. The molecule has 1 N–H and O–H groups in total. The van der Waals surface area contributed by atoms with E-state index in [4.69, 9.17) is 9.57 Å². The predicted molar refractivity (Wildman–Crippen MR) is 144 cm³/mol. The van der Waals surface area contributed by atoms with Crippen LogP contribution in [0.3, 0.4) is 0 Å². The summed E-state index contributed by atoms with van der Waals surface area (Å²) in [4.78, 5) is 49.9. The van der Waals surface area contributed by atoms with Crippen molar-refractivity contribution in [1.29, 1.82) is 0 Å². The third-order valence-corrected chi connectivity index (χ3v) is 6.62. The number of fused-ring (bicyclic) bond motifs is 1. The molecule has 1 aliphatic rings. The largest absolute Gasteiger partial charge is 0.489 e. The fraction of sp³-hybridized carbons (Fsp3) is 0.148. The number of aromatic nitrogens is 2. The number of amides is 2. The first kappa shape index (κ1) is 25.5. The van der Waals surface area contributed by atoms with Gasteiger partial charge in [0.25, 0.3) is 11.8 Å². The van der Waals surface area contributed by atoms with Gasteiger partial charge in [0.2, 0.25) is 0 Å². The number of hydrogen-bond donors (Lipinski definition) is 1. The molecule has 0 atom stereocenters. The van der Waals surface area contributed by atoms with Crippen molar-refractivity contribution in [3.05, 3.63) is 89.5 Å². The molecule has 1 aliphatic heterocycles. The SMILES string of the molecule is O=C(ON1C(=O)CCC1=O)c1ccc2ncnc(Nc3ccc(OCc4cccc(F)c4)c(CI)c3)c2c1. The molecule has 1 aromatic heterocycles. The van der Waals surface area contributed by atoms with E-state index in [1.165, 1.54) is 24.5 Å². The number of alkyl halides is 1. The van der Waals surface area contributed by atoms with Gasteiger partial charge in [-0.2, -0.15) is 0 Å². The molecule has 0 unspecified atom stereocenters. The summed E-state index contributed by atoms with van der Waals surface area (Å²) < 4.78 is 20.1. The Bertz CT molecular complexity index is 1550. The van der Waals surface area contributed by atoms with Gasteiger partial charge >= 0.3 is 5.97 Å². The zero-order chi connectivity index (χ0) is 26.6. The summed E-state index contributed by atoms with van der Waals surface area (Å²) in [6.45, 7) is 0.234. The number of carbonyl (C=O) groups excluding carboxylic acids is 3. The van der Waals surface area contributed by atoms with Crippen molar-refractivity contribution in [3.8, 4) is 5.75 Å². The molecule has 2 amide bonds. The van der Waals surface area contributed by atoms with Crippen LogP contribution in [0.2, 0.25) is 0 Å². The van der Waals surface area contributed by atoms with E-state index in [0.717, 1.165) is 16.8 Å². The minimum atomic E-state index is -0.836. The number of halogens is 2. The standard InChI is InChI=1S/C27H20FIN4O5/c28-19-3-1-2-16(10-19)14-37-23-7-5-20(11-18(23)13-29)32-26-21-12-17(4-6-22(21)30-15-31-26)27(36)38-33-24(34)8-9-25(33)35/h1-7,10-12,15H,8-9,13-14H2,(H,30,31,32). The molecule has 38 heavy (non-hydrogen) atoms. The zero-order valence-electron chi connectivity index (χ0n) is 19.8. The number of imide groups is 1. The Morgan fingerprint density at radius 3 is 2.61 bits per heavy atom. The number of carbonyl (C=O) groups is 3. The van der Waals surface area contributed by atoms with Gasteiger partial charge in [-0.15, -0.1) is 5.06 Å². The average Bonchev–Trinajstić information content (AvgIpc) is 3.24. The summed E-state index contributed by atoms with van der Waals surface area (Å²) in [6.07, 6.45) is 1.43. The summed E-state index contributed by atoms with van der Waals surface area (Å²) in [5.41, 5.74) is 3.10. The first-order chi connectivity index (χ1) is 18.4. The van der Waals surface area contributed by atoms with E-state index in [9.17, 15) is 18.8 Å². The lowest BCUT2D eigenvalue weighted by atomic mass is 10.1. The maximum atomic E-state index is 13.5. The van der Waals surface area contributed by atoms with Crippen LogP contribution in [0, 0.1) is 5.82 Å². The molecule has 1 fully saturated rings. The Hall–Kier alpha value is -4.13. The van der Waals surface area contributed by atoms with Crippen LogP contribution in [-0.2, 0) is 25.5 Å². The molecule has 192 valence electrons. The fourth-order valence-electron chi connectivity index (χ4n) is 3.90. The van der Waals surface area contributed by atoms with Gasteiger partial charge in [-0.1, -0.05) is 34.7 Å². The molecule has 0 radical (unpaired) electrons. The van der Waals surface area contributed by atoms with Crippen LogP contribution in [0.4, 0.5) is 15.9 Å². The summed E-state index contributed by atoms with van der Waals surface area (Å²) in [5.74, 6) is -1.12. The number of nitrogens with zero attached hydrogens (tertiary/aromatic N) is 3. The Balaban J connectivity index is 1.36. The van der Waals surface area contributed by atoms with Crippen molar-refractivity contribution >= 4 is 62.8 Å². The number of benzene rings is 3. The van der Waals surface area contributed by atoms with Gasteiger partial charge in [-0.3, -0.25) is 9.59 Å². The number of rotatable bonds is 8. The quantitative estimate of drug-likeness (QED) is 0.161. The Morgan fingerprint density at radius 1 is 1.03 bits per heavy atom. The van der Waals surface area contributed by atoms with E-state index >= 15 is 0 Å². The number of hydrogen-bond acceptors (Lipinski definition) is 8. The number of ether oxygens (including phenoxy) is 1. The lowest BCUT2D eigenvalue weighted by Crippen LogP contribution is -2.32. The van der Waals surface area contributed by atoms with Gasteiger partial charge in [-0.25, -0.2) is 19.2 Å². The highest BCUT2D eigenvalue weighted by molar-refractivity contribution is 14.1. The van der Waals surface area contributed by atoms with E-state index in [2.05, 4.69) is 37.9 Å².